The minimum atomic E-state index is -0.178. The second-order valence-electron chi connectivity index (χ2n) is 2.36. The van der Waals surface area contributed by atoms with Gasteiger partial charge in [0.05, 0.1) is 6.04 Å². The Morgan fingerprint density at radius 3 is 3.00 bits per heavy atom. The number of amides is 1. The Labute approximate surface area is 59.2 Å². The summed E-state index contributed by atoms with van der Waals surface area (Å²) in [7, 11) is 1.62. The number of carbonyl (C=O) groups excluding carboxylic acids is 2. The molecule has 10 heavy (non-hydrogen) atoms. The molecule has 1 fully saturated rings. The predicted molar refractivity (Wildman–Crippen MR) is 35.0 cm³/mol. The van der Waals surface area contributed by atoms with Crippen molar-refractivity contribution in [3.05, 3.63) is 0 Å². The molecule has 4 heteroatoms. The summed E-state index contributed by atoms with van der Waals surface area (Å²) >= 11 is 0. The highest BCUT2D eigenvalue weighted by Gasteiger charge is 2.20. The lowest BCUT2D eigenvalue weighted by Gasteiger charge is -2.27. The summed E-state index contributed by atoms with van der Waals surface area (Å²) in [4.78, 5) is 21.0. The van der Waals surface area contributed by atoms with Crippen molar-refractivity contribution < 1.29 is 9.59 Å². The molecule has 1 unspecified atom stereocenters. The van der Waals surface area contributed by atoms with Gasteiger partial charge in [0.15, 0.2) is 0 Å². The summed E-state index contributed by atoms with van der Waals surface area (Å²) in [5, 5.41) is 1.36. The van der Waals surface area contributed by atoms with Gasteiger partial charge in [-0.05, 0) is 6.42 Å². The van der Waals surface area contributed by atoms with Gasteiger partial charge in [0.1, 0.15) is 6.29 Å². The summed E-state index contributed by atoms with van der Waals surface area (Å²) in [6, 6.07) is -0.178. The maximum atomic E-state index is 10.8. The fourth-order valence-electron chi connectivity index (χ4n) is 0.930. The zero-order valence-electron chi connectivity index (χ0n) is 5.83. The molecule has 0 radical (unpaired) electrons. The number of aldehydes is 1. The van der Waals surface area contributed by atoms with Crippen LogP contribution in [-0.2, 0) is 9.59 Å². The van der Waals surface area contributed by atoms with Gasteiger partial charge in [-0.2, -0.15) is 0 Å². The molecule has 0 aromatic carbocycles. The lowest BCUT2D eigenvalue weighted by atomic mass is 10.1. The summed E-state index contributed by atoms with van der Waals surface area (Å²) < 4.78 is 0. The molecule has 0 aliphatic carbocycles. The Balaban J connectivity index is 2.48. The lowest BCUT2D eigenvalue weighted by molar-refractivity contribution is -0.137. The summed E-state index contributed by atoms with van der Waals surface area (Å²) in [6.07, 6.45) is 1.91. The van der Waals surface area contributed by atoms with E-state index in [-0.39, 0.29) is 11.9 Å². The largest absolute Gasteiger partial charge is 0.302 e. The van der Waals surface area contributed by atoms with Crippen LogP contribution in [-0.4, -0.2) is 30.3 Å². The minimum absolute atomic E-state index is 0.0399. The fourth-order valence-corrected chi connectivity index (χ4v) is 0.930. The Kier molecular flexibility index (Phi) is 2.01. The Morgan fingerprint density at radius 2 is 2.50 bits per heavy atom. The van der Waals surface area contributed by atoms with Crippen LogP contribution < -0.4 is 5.43 Å². The van der Waals surface area contributed by atoms with Crippen LogP contribution in [0.5, 0.6) is 0 Å². The molecule has 0 saturated carbocycles. The van der Waals surface area contributed by atoms with E-state index in [0.29, 0.717) is 12.8 Å². The van der Waals surface area contributed by atoms with Gasteiger partial charge in [0.2, 0.25) is 5.91 Å². The van der Waals surface area contributed by atoms with Crippen LogP contribution in [0.1, 0.15) is 12.8 Å². The molecule has 1 rings (SSSR count). The van der Waals surface area contributed by atoms with Crippen molar-refractivity contribution in [2.45, 2.75) is 18.9 Å². The van der Waals surface area contributed by atoms with E-state index >= 15 is 0 Å². The molecule has 1 amide bonds. The standard InChI is InChI=1S/C6H10N2O2/c1-8-6(10)3-2-5(4-9)7-8/h4-5,7H,2-3H2,1H3. The monoisotopic (exact) mass is 142 g/mol. The van der Waals surface area contributed by atoms with Crippen LogP contribution in [0.4, 0.5) is 0 Å². The topological polar surface area (TPSA) is 49.4 Å². The lowest BCUT2D eigenvalue weighted by Crippen LogP contribution is -2.50. The molecule has 0 spiro atoms. The molecule has 1 atom stereocenters. The zero-order chi connectivity index (χ0) is 7.56. The first-order valence-corrected chi connectivity index (χ1v) is 3.22. The highest BCUT2D eigenvalue weighted by Crippen LogP contribution is 2.04. The molecule has 0 aromatic rings. The van der Waals surface area contributed by atoms with Crippen LogP contribution in [0.2, 0.25) is 0 Å². The van der Waals surface area contributed by atoms with Gasteiger partial charge in [-0.15, -0.1) is 0 Å². The van der Waals surface area contributed by atoms with Gasteiger partial charge in [0.25, 0.3) is 0 Å². The van der Waals surface area contributed by atoms with Crippen LogP contribution >= 0.6 is 0 Å². The van der Waals surface area contributed by atoms with E-state index in [0.717, 1.165) is 6.29 Å². The van der Waals surface area contributed by atoms with E-state index in [9.17, 15) is 9.59 Å². The van der Waals surface area contributed by atoms with Gasteiger partial charge in [-0.25, -0.2) is 5.43 Å². The number of carbonyl (C=O) groups is 2. The van der Waals surface area contributed by atoms with E-state index in [1.54, 1.807) is 7.05 Å². The van der Waals surface area contributed by atoms with Gasteiger partial charge in [-0.3, -0.25) is 9.80 Å². The third kappa shape index (κ3) is 1.33. The van der Waals surface area contributed by atoms with Gasteiger partial charge < -0.3 is 4.79 Å². The quantitative estimate of drug-likeness (QED) is 0.493. The van der Waals surface area contributed by atoms with Crippen LogP contribution in [0.25, 0.3) is 0 Å². The molecule has 1 aliphatic rings. The van der Waals surface area contributed by atoms with Crippen molar-refractivity contribution in [2.24, 2.45) is 0 Å². The third-order valence-corrected chi connectivity index (χ3v) is 1.57. The second-order valence-corrected chi connectivity index (χ2v) is 2.36. The first-order chi connectivity index (χ1) is 4.74. The fraction of sp³-hybridized carbons (Fsp3) is 0.667. The van der Waals surface area contributed by atoms with Crippen molar-refractivity contribution in [3.63, 3.8) is 0 Å². The second kappa shape index (κ2) is 2.79. The number of hydrazine groups is 1. The van der Waals surface area contributed by atoms with E-state index in [2.05, 4.69) is 5.43 Å². The van der Waals surface area contributed by atoms with Crippen molar-refractivity contribution >= 4 is 12.2 Å². The van der Waals surface area contributed by atoms with Gasteiger partial charge in [0, 0.05) is 13.5 Å². The smallest absolute Gasteiger partial charge is 0.236 e. The minimum Gasteiger partial charge on any atom is -0.302 e. The molecular formula is C6H10N2O2. The summed E-state index contributed by atoms with van der Waals surface area (Å²) in [5.74, 6) is 0.0399. The number of rotatable bonds is 1. The Bertz CT molecular complexity index is 158. The maximum Gasteiger partial charge on any atom is 0.236 e. The van der Waals surface area contributed by atoms with E-state index in [1.165, 1.54) is 5.01 Å². The highest BCUT2D eigenvalue weighted by atomic mass is 16.2. The zero-order valence-corrected chi connectivity index (χ0v) is 5.83. The Hall–Kier alpha value is -0.900. The first kappa shape index (κ1) is 7.21. The predicted octanol–water partition coefficient (Wildman–Crippen LogP) is -0.689. The van der Waals surface area contributed by atoms with E-state index in [4.69, 9.17) is 0 Å². The van der Waals surface area contributed by atoms with Gasteiger partial charge >= 0.3 is 0 Å². The molecule has 1 aliphatic heterocycles. The number of hydrogen-bond donors (Lipinski definition) is 1. The van der Waals surface area contributed by atoms with E-state index < -0.39 is 0 Å². The van der Waals surface area contributed by atoms with Crippen molar-refractivity contribution in [1.29, 1.82) is 0 Å². The average Bonchev–Trinajstić information content (AvgIpc) is 1.95. The van der Waals surface area contributed by atoms with Gasteiger partial charge in [-0.1, -0.05) is 0 Å². The molecule has 1 N–H and O–H groups in total. The van der Waals surface area contributed by atoms with Crippen molar-refractivity contribution in [3.8, 4) is 0 Å². The summed E-state index contributed by atoms with van der Waals surface area (Å²) in [6.45, 7) is 0. The summed E-state index contributed by atoms with van der Waals surface area (Å²) in [5.41, 5.74) is 2.73. The number of nitrogens with one attached hydrogen (secondary N) is 1. The normalized spacial score (nSPS) is 26.7. The van der Waals surface area contributed by atoms with Crippen molar-refractivity contribution in [1.82, 2.24) is 10.4 Å². The molecule has 1 heterocycles. The maximum absolute atomic E-state index is 10.8. The molecular weight excluding hydrogens is 132 g/mol. The van der Waals surface area contributed by atoms with Crippen LogP contribution in [0.15, 0.2) is 0 Å². The molecule has 56 valence electrons. The molecule has 1 saturated heterocycles. The number of hydrogen-bond acceptors (Lipinski definition) is 3. The SMILES string of the molecule is CN1NC(C=O)CCC1=O. The number of nitrogens with zero attached hydrogens (tertiary/aromatic N) is 1. The third-order valence-electron chi connectivity index (χ3n) is 1.57. The highest BCUT2D eigenvalue weighted by molar-refractivity contribution is 5.77. The average molecular weight is 142 g/mol. The first-order valence-electron chi connectivity index (χ1n) is 3.22. The molecule has 4 nitrogen and oxygen atoms in total. The Morgan fingerprint density at radius 1 is 1.80 bits per heavy atom. The molecule has 0 bridgehead atoms. The van der Waals surface area contributed by atoms with Crippen molar-refractivity contribution in [2.75, 3.05) is 7.05 Å². The van der Waals surface area contributed by atoms with Crippen LogP contribution in [0, 0.1) is 0 Å². The van der Waals surface area contributed by atoms with Crippen LogP contribution in [0.3, 0.4) is 0 Å². The van der Waals surface area contributed by atoms with E-state index in [1.807, 2.05) is 0 Å². The molecule has 0 aromatic heterocycles.